The molecule has 1 aromatic heterocycles. The van der Waals surface area contributed by atoms with Gasteiger partial charge in [0.05, 0.1) is 25.3 Å². The molecule has 0 N–H and O–H groups in total. The normalized spacial score (nSPS) is 16.3. The van der Waals surface area contributed by atoms with Crippen LogP contribution in [0.2, 0.25) is 0 Å². The molecule has 0 radical (unpaired) electrons. The van der Waals surface area contributed by atoms with Crippen LogP contribution in [0, 0.1) is 0 Å². The number of fused-ring (bicyclic) bond motifs is 1. The van der Waals surface area contributed by atoms with Crippen LogP contribution in [0.4, 0.5) is 5.82 Å². The van der Waals surface area contributed by atoms with Crippen molar-refractivity contribution in [2.45, 2.75) is 24.2 Å². The third-order valence-electron chi connectivity index (χ3n) is 5.20. The van der Waals surface area contributed by atoms with Crippen molar-refractivity contribution in [1.29, 1.82) is 0 Å². The van der Waals surface area contributed by atoms with E-state index in [1.54, 1.807) is 31.3 Å². The first-order valence-corrected chi connectivity index (χ1v) is 10.3. The number of amides is 1. The zero-order valence-corrected chi connectivity index (χ0v) is 16.4. The highest BCUT2D eigenvalue weighted by Gasteiger charge is 2.22. The van der Waals surface area contributed by atoms with Gasteiger partial charge in [0.1, 0.15) is 0 Å². The van der Waals surface area contributed by atoms with Gasteiger partial charge in [0.2, 0.25) is 11.8 Å². The minimum atomic E-state index is 0.205. The van der Waals surface area contributed by atoms with Crippen LogP contribution in [-0.4, -0.2) is 59.8 Å². The number of hydrogen-bond donors (Lipinski definition) is 0. The molecular weight excluding hydrogens is 360 g/mol. The topological polar surface area (TPSA) is 58.6 Å². The Morgan fingerprint density at radius 2 is 1.96 bits per heavy atom. The van der Waals surface area contributed by atoms with Crippen molar-refractivity contribution in [2.24, 2.45) is 0 Å². The number of anilines is 1. The fraction of sp³-hybridized carbons (Fsp3) is 0.450. The summed E-state index contributed by atoms with van der Waals surface area (Å²) in [6.07, 6.45) is 6.96. The molecule has 6 nitrogen and oxygen atoms in total. The van der Waals surface area contributed by atoms with Crippen LogP contribution < -0.4 is 9.64 Å². The summed E-state index contributed by atoms with van der Waals surface area (Å²) in [5.41, 5.74) is 2.93. The van der Waals surface area contributed by atoms with E-state index in [0.29, 0.717) is 24.7 Å². The molecule has 1 aliphatic heterocycles. The van der Waals surface area contributed by atoms with Gasteiger partial charge in [-0.3, -0.25) is 9.78 Å². The second kappa shape index (κ2) is 8.17. The minimum Gasteiger partial charge on any atom is -0.480 e. The summed E-state index contributed by atoms with van der Waals surface area (Å²) in [5.74, 6) is 2.01. The van der Waals surface area contributed by atoms with Crippen LogP contribution in [0.5, 0.6) is 5.88 Å². The fourth-order valence-electron chi connectivity index (χ4n) is 3.65. The van der Waals surface area contributed by atoms with Crippen molar-refractivity contribution < 1.29 is 9.53 Å². The largest absolute Gasteiger partial charge is 0.480 e. The summed E-state index contributed by atoms with van der Waals surface area (Å²) in [4.78, 5) is 26.5. The molecule has 2 aromatic rings. The number of carbonyl (C=O) groups is 1. The molecule has 1 saturated heterocycles. The first-order chi connectivity index (χ1) is 13.2. The molecule has 142 valence electrons. The van der Waals surface area contributed by atoms with Crippen LogP contribution >= 0.6 is 11.8 Å². The van der Waals surface area contributed by atoms with E-state index >= 15 is 0 Å². The van der Waals surface area contributed by atoms with E-state index in [-0.39, 0.29) is 5.91 Å². The molecule has 0 unspecified atom stereocenters. The molecule has 1 aliphatic carbocycles. The Kier molecular flexibility index (Phi) is 5.48. The van der Waals surface area contributed by atoms with Gasteiger partial charge in [-0.25, -0.2) is 0 Å². The minimum absolute atomic E-state index is 0.205. The van der Waals surface area contributed by atoms with Crippen molar-refractivity contribution in [3.63, 3.8) is 0 Å². The van der Waals surface area contributed by atoms with Gasteiger partial charge in [-0.05, 0) is 42.5 Å². The van der Waals surface area contributed by atoms with E-state index in [1.807, 2.05) is 4.90 Å². The number of benzene rings is 1. The number of aromatic nitrogens is 2. The van der Waals surface area contributed by atoms with Crippen molar-refractivity contribution in [2.75, 3.05) is 43.9 Å². The number of aryl methyl sites for hydroxylation is 2. The monoisotopic (exact) mass is 384 g/mol. The maximum absolute atomic E-state index is 12.6. The standard InChI is InChI=1S/C20H24N4O2S/c1-26-19-13-21-12-18(22-19)23-7-9-24(10-8-23)20(25)14-27-17-6-5-15-3-2-4-16(15)11-17/h5-6,11-13H,2-4,7-10,14H2,1H3. The molecular formula is C20H24N4O2S. The number of methoxy groups -OCH3 is 1. The van der Waals surface area contributed by atoms with Gasteiger partial charge < -0.3 is 14.5 Å². The average Bonchev–Trinajstić information content (AvgIpc) is 3.20. The van der Waals surface area contributed by atoms with Gasteiger partial charge in [-0.1, -0.05) is 6.07 Å². The zero-order chi connectivity index (χ0) is 18.6. The summed E-state index contributed by atoms with van der Waals surface area (Å²) >= 11 is 1.65. The second-order valence-corrected chi connectivity index (χ2v) is 7.91. The fourth-order valence-corrected chi connectivity index (χ4v) is 4.51. The van der Waals surface area contributed by atoms with E-state index < -0.39 is 0 Å². The molecule has 0 saturated carbocycles. The van der Waals surface area contributed by atoms with E-state index in [0.717, 1.165) is 18.9 Å². The third kappa shape index (κ3) is 4.18. The highest BCUT2D eigenvalue weighted by atomic mass is 32.2. The number of rotatable bonds is 5. The first kappa shape index (κ1) is 18.1. The van der Waals surface area contributed by atoms with Crippen molar-refractivity contribution >= 4 is 23.5 Å². The molecule has 7 heteroatoms. The molecule has 0 spiro atoms. The summed E-state index contributed by atoms with van der Waals surface area (Å²) in [6, 6.07) is 6.64. The number of nitrogens with zero attached hydrogens (tertiary/aromatic N) is 4. The van der Waals surface area contributed by atoms with Gasteiger partial charge in [-0.2, -0.15) is 4.98 Å². The lowest BCUT2D eigenvalue weighted by Crippen LogP contribution is -2.49. The Morgan fingerprint density at radius 1 is 1.15 bits per heavy atom. The SMILES string of the molecule is COc1cncc(N2CCN(C(=O)CSc3ccc4c(c3)CCC4)CC2)n1. The Morgan fingerprint density at radius 3 is 2.78 bits per heavy atom. The molecule has 4 rings (SSSR count). The maximum Gasteiger partial charge on any atom is 0.233 e. The van der Waals surface area contributed by atoms with E-state index in [4.69, 9.17) is 4.74 Å². The lowest BCUT2D eigenvalue weighted by molar-refractivity contribution is -0.128. The predicted molar refractivity (Wildman–Crippen MR) is 107 cm³/mol. The van der Waals surface area contributed by atoms with Crippen molar-refractivity contribution in [3.8, 4) is 5.88 Å². The van der Waals surface area contributed by atoms with Crippen LogP contribution in [-0.2, 0) is 17.6 Å². The molecule has 27 heavy (non-hydrogen) atoms. The van der Waals surface area contributed by atoms with Crippen LogP contribution in [0.1, 0.15) is 17.5 Å². The summed E-state index contributed by atoms with van der Waals surface area (Å²) in [5, 5.41) is 0. The second-order valence-electron chi connectivity index (χ2n) is 6.86. The third-order valence-corrected chi connectivity index (χ3v) is 6.18. The molecule has 1 fully saturated rings. The van der Waals surface area contributed by atoms with E-state index in [1.165, 1.54) is 35.3 Å². The van der Waals surface area contributed by atoms with Crippen LogP contribution in [0.3, 0.4) is 0 Å². The molecule has 0 atom stereocenters. The van der Waals surface area contributed by atoms with Crippen molar-refractivity contribution in [3.05, 3.63) is 41.7 Å². The van der Waals surface area contributed by atoms with Crippen LogP contribution in [0.25, 0.3) is 0 Å². The Bertz CT molecular complexity index is 821. The molecule has 2 aliphatic rings. The molecule has 1 amide bonds. The summed E-state index contributed by atoms with van der Waals surface area (Å²) in [6.45, 7) is 2.94. The zero-order valence-electron chi connectivity index (χ0n) is 15.6. The quantitative estimate of drug-likeness (QED) is 0.738. The molecule has 2 heterocycles. The Hall–Kier alpha value is -2.28. The summed E-state index contributed by atoms with van der Waals surface area (Å²) < 4.78 is 5.14. The highest BCUT2D eigenvalue weighted by molar-refractivity contribution is 8.00. The molecule has 0 bridgehead atoms. The Labute approximate surface area is 163 Å². The number of piperazine rings is 1. The van der Waals surface area contributed by atoms with Gasteiger partial charge in [-0.15, -0.1) is 11.8 Å². The highest BCUT2D eigenvalue weighted by Crippen LogP contribution is 2.28. The predicted octanol–water partition coefficient (Wildman–Crippen LogP) is 2.41. The summed E-state index contributed by atoms with van der Waals surface area (Å²) in [7, 11) is 1.59. The van der Waals surface area contributed by atoms with Gasteiger partial charge >= 0.3 is 0 Å². The lowest BCUT2D eigenvalue weighted by atomic mass is 10.1. The van der Waals surface area contributed by atoms with Gasteiger partial charge in [0.15, 0.2) is 5.82 Å². The van der Waals surface area contributed by atoms with Gasteiger partial charge in [0.25, 0.3) is 0 Å². The number of ether oxygens (including phenoxy) is 1. The van der Waals surface area contributed by atoms with Gasteiger partial charge in [0, 0.05) is 31.1 Å². The number of thioether (sulfide) groups is 1. The van der Waals surface area contributed by atoms with Crippen molar-refractivity contribution in [1.82, 2.24) is 14.9 Å². The average molecular weight is 385 g/mol. The van der Waals surface area contributed by atoms with E-state index in [2.05, 4.69) is 33.1 Å². The number of carbonyl (C=O) groups excluding carboxylic acids is 1. The first-order valence-electron chi connectivity index (χ1n) is 9.36. The smallest absolute Gasteiger partial charge is 0.233 e. The lowest BCUT2D eigenvalue weighted by Gasteiger charge is -2.35. The number of hydrogen-bond acceptors (Lipinski definition) is 6. The molecule has 1 aromatic carbocycles. The van der Waals surface area contributed by atoms with E-state index in [9.17, 15) is 4.79 Å². The Balaban J connectivity index is 1.28. The van der Waals surface area contributed by atoms with Crippen LogP contribution in [0.15, 0.2) is 35.5 Å². The maximum atomic E-state index is 12.6.